The van der Waals surface area contributed by atoms with Crippen molar-refractivity contribution in [1.82, 2.24) is 20.2 Å². The van der Waals surface area contributed by atoms with Crippen molar-refractivity contribution < 1.29 is 19.4 Å². The molecule has 1 saturated heterocycles. The third-order valence-electron chi connectivity index (χ3n) is 6.91. The molecule has 8 heteroatoms. The van der Waals surface area contributed by atoms with E-state index in [-0.39, 0.29) is 11.9 Å². The van der Waals surface area contributed by atoms with E-state index < -0.39 is 12.2 Å². The summed E-state index contributed by atoms with van der Waals surface area (Å²) in [5.41, 5.74) is 3.61. The van der Waals surface area contributed by atoms with Gasteiger partial charge in [0.15, 0.2) is 0 Å². The van der Waals surface area contributed by atoms with Crippen LogP contribution in [0.15, 0.2) is 79.3 Å². The van der Waals surface area contributed by atoms with E-state index in [4.69, 9.17) is 9.47 Å². The van der Waals surface area contributed by atoms with Crippen LogP contribution < -0.4 is 10.1 Å². The van der Waals surface area contributed by atoms with Crippen molar-refractivity contribution in [2.24, 2.45) is 0 Å². The number of aliphatic hydroxyl groups excluding tert-OH is 1. The highest BCUT2D eigenvalue weighted by Crippen LogP contribution is 2.32. The summed E-state index contributed by atoms with van der Waals surface area (Å²) in [4.78, 5) is 22.8. The maximum Gasteiger partial charge on any atom is 0.268 e. The summed E-state index contributed by atoms with van der Waals surface area (Å²) < 4.78 is 11.9. The molecule has 1 fully saturated rings. The Morgan fingerprint density at radius 3 is 2.66 bits per heavy atom. The number of carbonyl (C=O) groups is 1. The minimum atomic E-state index is -0.749. The van der Waals surface area contributed by atoms with Crippen LogP contribution in [-0.2, 0) is 16.0 Å². The van der Waals surface area contributed by atoms with Gasteiger partial charge in [0, 0.05) is 60.8 Å². The molecule has 0 bridgehead atoms. The molecule has 0 saturated carbocycles. The van der Waals surface area contributed by atoms with E-state index in [0.29, 0.717) is 38.6 Å². The van der Waals surface area contributed by atoms with Gasteiger partial charge in [-0.2, -0.15) is 0 Å². The van der Waals surface area contributed by atoms with Crippen LogP contribution in [0.25, 0.3) is 10.9 Å². The third-order valence-corrected chi connectivity index (χ3v) is 6.91. The number of hydrogen-bond donors (Lipinski definition) is 3. The Balaban J connectivity index is 1.31. The van der Waals surface area contributed by atoms with Crippen molar-refractivity contribution in [2.75, 3.05) is 32.8 Å². The average Bonchev–Trinajstić information content (AvgIpc) is 3.39. The second-order valence-electron chi connectivity index (χ2n) is 9.65. The van der Waals surface area contributed by atoms with Gasteiger partial charge in [0.05, 0.1) is 24.8 Å². The number of pyridine rings is 1. The molecule has 0 unspecified atom stereocenters. The topological polar surface area (TPSA) is 99.7 Å². The standard InChI is InChI=1S/C30H34N4O4/c1-21(32-20-26(35)23-9-6-12-31-18-23)17-24-19-33-28-25(24)10-5-11-27(28)38-29(22-7-3-2-4-8-22)30(36)34-13-15-37-16-14-34/h2-12,18-19,21,26,29,32-33,35H,13-17,20H2,1H3/t21-,26+,29+/m1/s1. The van der Waals surface area contributed by atoms with Crippen LogP contribution in [0.3, 0.4) is 0 Å². The number of fused-ring (bicyclic) bond motifs is 1. The minimum absolute atomic E-state index is 0.0618. The van der Waals surface area contributed by atoms with Crippen molar-refractivity contribution in [2.45, 2.75) is 31.6 Å². The van der Waals surface area contributed by atoms with Crippen molar-refractivity contribution in [3.63, 3.8) is 0 Å². The van der Waals surface area contributed by atoms with Crippen LogP contribution in [0.2, 0.25) is 0 Å². The first-order valence-electron chi connectivity index (χ1n) is 13.1. The van der Waals surface area contributed by atoms with Gasteiger partial charge in [-0.3, -0.25) is 9.78 Å². The van der Waals surface area contributed by atoms with Crippen molar-refractivity contribution in [3.8, 4) is 5.75 Å². The zero-order chi connectivity index (χ0) is 26.3. The highest BCUT2D eigenvalue weighted by Gasteiger charge is 2.29. The normalized spacial score (nSPS) is 16.2. The fourth-order valence-corrected chi connectivity index (χ4v) is 4.82. The number of benzene rings is 2. The predicted octanol–water partition coefficient (Wildman–Crippen LogP) is 3.80. The van der Waals surface area contributed by atoms with Crippen LogP contribution in [0.1, 0.15) is 35.8 Å². The molecular formula is C30H34N4O4. The molecule has 0 aliphatic carbocycles. The lowest BCUT2D eigenvalue weighted by Gasteiger charge is -2.30. The van der Waals surface area contributed by atoms with Crippen LogP contribution in [0.4, 0.5) is 0 Å². The van der Waals surface area contributed by atoms with Gasteiger partial charge in [0.2, 0.25) is 6.10 Å². The van der Waals surface area contributed by atoms with Crippen LogP contribution in [0, 0.1) is 0 Å². The third kappa shape index (κ3) is 6.05. The maximum absolute atomic E-state index is 13.5. The van der Waals surface area contributed by atoms with E-state index in [9.17, 15) is 9.90 Å². The Morgan fingerprint density at radius 2 is 1.89 bits per heavy atom. The van der Waals surface area contributed by atoms with Gasteiger partial charge in [0.1, 0.15) is 5.75 Å². The second kappa shape index (κ2) is 12.2. The fraction of sp³-hybridized carbons (Fsp3) is 0.333. The summed E-state index contributed by atoms with van der Waals surface area (Å²) in [5, 5.41) is 14.9. The van der Waals surface area contributed by atoms with Gasteiger partial charge in [-0.15, -0.1) is 0 Å². The molecule has 2 aromatic heterocycles. The average molecular weight is 515 g/mol. The number of morpholine rings is 1. The number of aromatic amines is 1. The Kier molecular flexibility index (Phi) is 8.33. The SMILES string of the molecule is C[C@H](Cc1c[nH]c2c(O[C@H](C(=O)N3CCOCC3)c3ccccc3)cccc12)NC[C@H](O)c1cccnc1. The molecule has 198 valence electrons. The largest absolute Gasteiger partial charge is 0.474 e. The number of amides is 1. The molecule has 0 radical (unpaired) electrons. The lowest BCUT2D eigenvalue weighted by Crippen LogP contribution is -2.44. The summed E-state index contributed by atoms with van der Waals surface area (Å²) in [5.74, 6) is 0.574. The predicted molar refractivity (Wildman–Crippen MR) is 146 cm³/mol. The zero-order valence-corrected chi connectivity index (χ0v) is 21.5. The first kappa shape index (κ1) is 25.9. The van der Waals surface area contributed by atoms with Crippen molar-refractivity contribution in [3.05, 3.63) is 95.9 Å². The van der Waals surface area contributed by atoms with E-state index in [1.54, 1.807) is 12.4 Å². The Bertz CT molecular complexity index is 1320. The van der Waals surface area contributed by atoms with Gasteiger partial charge in [-0.1, -0.05) is 48.5 Å². The highest BCUT2D eigenvalue weighted by molar-refractivity contribution is 5.89. The first-order valence-corrected chi connectivity index (χ1v) is 13.1. The molecule has 5 rings (SSSR count). The number of nitrogens with one attached hydrogen (secondary N) is 2. The molecule has 38 heavy (non-hydrogen) atoms. The van der Waals surface area contributed by atoms with Crippen molar-refractivity contribution >= 4 is 16.8 Å². The number of carbonyl (C=O) groups excluding carboxylic acids is 1. The maximum atomic E-state index is 13.5. The molecule has 4 aromatic rings. The van der Waals surface area contributed by atoms with E-state index in [1.807, 2.05) is 65.7 Å². The Hall–Kier alpha value is -3.72. The van der Waals surface area contributed by atoms with Crippen LogP contribution in [-0.4, -0.2) is 64.8 Å². The van der Waals surface area contributed by atoms with Crippen LogP contribution in [0.5, 0.6) is 5.75 Å². The van der Waals surface area contributed by atoms with Crippen LogP contribution >= 0.6 is 0 Å². The molecule has 8 nitrogen and oxygen atoms in total. The molecule has 1 aliphatic heterocycles. The lowest BCUT2D eigenvalue weighted by molar-refractivity contribution is -0.143. The number of para-hydroxylation sites is 1. The number of ether oxygens (including phenoxy) is 2. The number of H-pyrrole nitrogens is 1. The number of aromatic nitrogens is 2. The smallest absolute Gasteiger partial charge is 0.268 e. The van der Waals surface area contributed by atoms with E-state index in [0.717, 1.165) is 34.0 Å². The fourth-order valence-electron chi connectivity index (χ4n) is 4.82. The van der Waals surface area contributed by atoms with E-state index in [2.05, 4.69) is 28.3 Å². The monoisotopic (exact) mass is 514 g/mol. The zero-order valence-electron chi connectivity index (χ0n) is 21.5. The first-order chi connectivity index (χ1) is 18.6. The Morgan fingerprint density at radius 1 is 1.11 bits per heavy atom. The Labute approximate surface area is 222 Å². The molecule has 3 atom stereocenters. The van der Waals surface area contributed by atoms with Gasteiger partial charge in [0.25, 0.3) is 5.91 Å². The highest BCUT2D eigenvalue weighted by atomic mass is 16.5. The molecule has 1 amide bonds. The van der Waals surface area contributed by atoms with Gasteiger partial charge < -0.3 is 29.8 Å². The molecule has 1 aliphatic rings. The molecule has 0 spiro atoms. The van der Waals surface area contributed by atoms with E-state index in [1.165, 1.54) is 0 Å². The lowest BCUT2D eigenvalue weighted by atomic mass is 10.0. The molecular weight excluding hydrogens is 480 g/mol. The molecule has 3 heterocycles. The second-order valence-corrected chi connectivity index (χ2v) is 9.65. The van der Waals surface area contributed by atoms with Crippen molar-refractivity contribution in [1.29, 1.82) is 0 Å². The number of aliphatic hydroxyl groups is 1. The van der Waals surface area contributed by atoms with Gasteiger partial charge in [-0.05, 0) is 31.0 Å². The summed E-state index contributed by atoms with van der Waals surface area (Å²) in [7, 11) is 0. The summed E-state index contributed by atoms with van der Waals surface area (Å²) in [6.45, 7) is 4.72. The summed E-state index contributed by atoms with van der Waals surface area (Å²) in [6.07, 6.45) is 4.77. The van der Waals surface area contributed by atoms with E-state index >= 15 is 0 Å². The minimum Gasteiger partial charge on any atom is -0.474 e. The summed E-state index contributed by atoms with van der Waals surface area (Å²) in [6, 6.07) is 19.4. The number of hydrogen-bond acceptors (Lipinski definition) is 6. The quantitative estimate of drug-likeness (QED) is 0.298. The van der Waals surface area contributed by atoms with Gasteiger partial charge >= 0.3 is 0 Å². The summed E-state index contributed by atoms with van der Waals surface area (Å²) >= 11 is 0. The molecule has 3 N–H and O–H groups in total. The number of nitrogens with zero attached hydrogens (tertiary/aromatic N) is 2. The molecule has 2 aromatic carbocycles. The number of rotatable bonds is 10. The van der Waals surface area contributed by atoms with Gasteiger partial charge in [-0.25, -0.2) is 0 Å².